The Labute approximate surface area is 101 Å². The van der Waals surface area contributed by atoms with E-state index in [0.717, 1.165) is 5.75 Å². The number of hydrogen-bond donors (Lipinski definition) is 0. The van der Waals surface area contributed by atoms with Gasteiger partial charge < -0.3 is 0 Å². The summed E-state index contributed by atoms with van der Waals surface area (Å²) in [5.41, 5.74) is 3.96. The van der Waals surface area contributed by atoms with Crippen molar-refractivity contribution in [1.29, 1.82) is 0 Å². The molecule has 0 saturated heterocycles. The van der Waals surface area contributed by atoms with E-state index in [4.69, 9.17) is 0 Å². The molecule has 0 bridgehead atoms. The lowest BCUT2D eigenvalue weighted by Crippen LogP contribution is -1.88. The predicted octanol–water partition coefficient (Wildman–Crippen LogP) is 3.99. The van der Waals surface area contributed by atoms with E-state index >= 15 is 0 Å². The highest BCUT2D eigenvalue weighted by Gasteiger charge is 2.02. The lowest BCUT2D eigenvalue weighted by molar-refractivity contribution is 1.12. The average Bonchev–Trinajstić information content (AvgIpc) is 2.32. The van der Waals surface area contributed by atoms with Crippen LogP contribution in [-0.4, -0.2) is 4.98 Å². The summed E-state index contributed by atoms with van der Waals surface area (Å²) >= 11 is 1.85. The average molecular weight is 229 g/mol. The van der Waals surface area contributed by atoms with Crippen molar-refractivity contribution in [3.05, 3.63) is 59.4 Å². The second kappa shape index (κ2) is 5.17. The van der Waals surface area contributed by atoms with Gasteiger partial charge in [0.1, 0.15) is 0 Å². The third-order valence-corrected chi connectivity index (χ3v) is 3.86. The van der Waals surface area contributed by atoms with Gasteiger partial charge in [-0.25, -0.2) is 0 Å². The van der Waals surface area contributed by atoms with E-state index in [1.807, 2.05) is 30.2 Å². The van der Waals surface area contributed by atoms with Gasteiger partial charge in [-0.05, 0) is 30.5 Å². The van der Waals surface area contributed by atoms with E-state index < -0.39 is 0 Å². The van der Waals surface area contributed by atoms with Crippen LogP contribution in [0, 0.1) is 13.8 Å². The van der Waals surface area contributed by atoms with Gasteiger partial charge in [0.25, 0.3) is 0 Å². The summed E-state index contributed by atoms with van der Waals surface area (Å²) in [5, 5.41) is 0. The molecule has 0 radical (unpaired) electrons. The molecular weight excluding hydrogens is 214 g/mol. The van der Waals surface area contributed by atoms with E-state index in [1.54, 1.807) is 0 Å². The fourth-order valence-electron chi connectivity index (χ4n) is 1.49. The second-order valence-corrected chi connectivity index (χ2v) is 4.87. The molecule has 0 aliphatic heterocycles. The maximum atomic E-state index is 4.24. The van der Waals surface area contributed by atoms with E-state index in [9.17, 15) is 0 Å². The minimum absolute atomic E-state index is 1.01. The first-order valence-corrected chi connectivity index (χ1v) is 6.34. The van der Waals surface area contributed by atoms with Crippen LogP contribution in [0.15, 0.2) is 47.6 Å². The molecule has 0 fully saturated rings. The molecule has 1 aromatic carbocycles. The highest BCUT2D eigenvalue weighted by molar-refractivity contribution is 7.98. The predicted molar refractivity (Wildman–Crippen MR) is 69.7 cm³/mol. The van der Waals surface area contributed by atoms with Gasteiger partial charge >= 0.3 is 0 Å². The standard InChI is InChI=1S/C14H15NS/c1-11-8-15-9-14(12(11)2)16-10-13-6-4-3-5-7-13/h3-9H,10H2,1-2H3. The van der Waals surface area contributed by atoms with Crippen LogP contribution in [0.4, 0.5) is 0 Å². The molecule has 82 valence electrons. The van der Waals surface area contributed by atoms with Crippen molar-refractivity contribution in [2.75, 3.05) is 0 Å². The summed E-state index contributed by atoms with van der Waals surface area (Å²) < 4.78 is 0. The van der Waals surface area contributed by atoms with E-state index in [1.165, 1.54) is 21.6 Å². The van der Waals surface area contributed by atoms with Crippen LogP contribution in [0.25, 0.3) is 0 Å². The van der Waals surface area contributed by atoms with Crippen molar-refractivity contribution in [2.24, 2.45) is 0 Å². The van der Waals surface area contributed by atoms with E-state index in [0.29, 0.717) is 0 Å². The smallest absolute Gasteiger partial charge is 0.0406 e. The third-order valence-electron chi connectivity index (χ3n) is 2.66. The quantitative estimate of drug-likeness (QED) is 0.738. The number of thioether (sulfide) groups is 1. The first-order valence-electron chi connectivity index (χ1n) is 5.35. The molecule has 2 rings (SSSR count). The fraction of sp³-hybridized carbons (Fsp3) is 0.214. The molecule has 0 atom stereocenters. The van der Waals surface area contributed by atoms with Crippen LogP contribution in [0.1, 0.15) is 16.7 Å². The van der Waals surface area contributed by atoms with Gasteiger partial charge in [0.05, 0.1) is 0 Å². The number of aryl methyl sites for hydroxylation is 1. The van der Waals surface area contributed by atoms with Crippen molar-refractivity contribution >= 4 is 11.8 Å². The largest absolute Gasteiger partial charge is 0.263 e. The number of rotatable bonds is 3. The summed E-state index contributed by atoms with van der Waals surface area (Å²) in [6.07, 6.45) is 3.87. The normalized spacial score (nSPS) is 10.4. The zero-order chi connectivity index (χ0) is 11.4. The molecule has 16 heavy (non-hydrogen) atoms. The highest BCUT2D eigenvalue weighted by Crippen LogP contribution is 2.26. The van der Waals surface area contributed by atoms with Gasteiger partial charge in [0.15, 0.2) is 0 Å². The molecule has 0 saturated carbocycles. The number of benzene rings is 1. The Balaban J connectivity index is 2.08. The van der Waals surface area contributed by atoms with Crippen LogP contribution < -0.4 is 0 Å². The molecule has 1 nitrogen and oxygen atoms in total. The SMILES string of the molecule is Cc1cncc(SCc2ccccc2)c1C. The number of aromatic nitrogens is 1. The lowest BCUT2D eigenvalue weighted by Gasteiger charge is -2.07. The summed E-state index contributed by atoms with van der Waals surface area (Å²) in [5.74, 6) is 1.01. The Hall–Kier alpha value is -1.28. The Bertz CT molecular complexity index is 465. The molecule has 2 aromatic rings. The number of nitrogens with zero attached hydrogens (tertiary/aromatic N) is 1. The first kappa shape index (κ1) is 11.2. The van der Waals surface area contributed by atoms with Gasteiger partial charge in [-0.3, -0.25) is 4.98 Å². The van der Waals surface area contributed by atoms with Crippen LogP contribution >= 0.6 is 11.8 Å². The van der Waals surface area contributed by atoms with E-state index in [2.05, 4.69) is 43.1 Å². The molecule has 0 spiro atoms. The molecule has 0 aliphatic carbocycles. The zero-order valence-corrected chi connectivity index (χ0v) is 10.4. The summed E-state index contributed by atoms with van der Waals surface area (Å²) in [6.45, 7) is 4.26. The second-order valence-electron chi connectivity index (χ2n) is 3.85. The molecular formula is C14H15NS. The van der Waals surface area contributed by atoms with Crippen LogP contribution in [0.5, 0.6) is 0 Å². The molecule has 0 unspecified atom stereocenters. The van der Waals surface area contributed by atoms with Crippen LogP contribution in [-0.2, 0) is 5.75 Å². The molecule has 0 aliphatic rings. The Morgan fingerprint density at radius 1 is 1.06 bits per heavy atom. The Morgan fingerprint density at radius 3 is 2.56 bits per heavy atom. The topological polar surface area (TPSA) is 12.9 Å². The lowest BCUT2D eigenvalue weighted by atomic mass is 10.2. The molecule has 1 aromatic heterocycles. The van der Waals surface area contributed by atoms with Crippen molar-refractivity contribution in [3.63, 3.8) is 0 Å². The van der Waals surface area contributed by atoms with Crippen molar-refractivity contribution in [3.8, 4) is 0 Å². The molecule has 1 heterocycles. The number of hydrogen-bond acceptors (Lipinski definition) is 2. The van der Waals surface area contributed by atoms with Gasteiger partial charge in [-0.1, -0.05) is 30.3 Å². The maximum absolute atomic E-state index is 4.24. The summed E-state index contributed by atoms with van der Waals surface area (Å²) in [6, 6.07) is 10.5. The minimum Gasteiger partial charge on any atom is -0.263 e. The van der Waals surface area contributed by atoms with Crippen molar-refractivity contribution in [2.45, 2.75) is 24.5 Å². The van der Waals surface area contributed by atoms with Gasteiger partial charge in [0, 0.05) is 23.0 Å². The molecule has 2 heteroatoms. The highest BCUT2D eigenvalue weighted by atomic mass is 32.2. The Kier molecular flexibility index (Phi) is 3.62. The van der Waals surface area contributed by atoms with Crippen molar-refractivity contribution < 1.29 is 0 Å². The first-order chi connectivity index (χ1) is 7.77. The molecule has 0 amide bonds. The van der Waals surface area contributed by atoms with E-state index in [-0.39, 0.29) is 0 Å². The third kappa shape index (κ3) is 2.64. The van der Waals surface area contributed by atoms with Gasteiger partial charge in [-0.2, -0.15) is 0 Å². The number of pyridine rings is 1. The summed E-state index contributed by atoms with van der Waals surface area (Å²) in [4.78, 5) is 5.52. The van der Waals surface area contributed by atoms with Gasteiger partial charge in [-0.15, -0.1) is 11.8 Å². The van der Waals surface area contributed by atoms with Crippen molar-refractivity contribution in [1.82, 2.24) is 4.98 Å². The van der Waals surface area contributed by atoms with Gasteiger partial charge in [0.2, 0.25) is 0 Å². The van der Waals surface area contributed by atoms with Crippen LogP contribution in [0.3, 0.4) is 0 Å². The Morgan fingerprint density at radius 2 is 1.81 bits per heavy atom. The monoisotopic (exact) mass is 229 g/mol. The molecule has 0 N–H and O–H groups in total. The zero-order valence-electron chi connectivity index (χ0n) is 9.60. The van der Waals surface area contributed by atoms with Crippen LogP contribution in [0.2, 0.25) is 0 Å². The maximum Gasteiger partial charge on any atom is 0.0406 e. The summed E-state index contributed by atoms with van der Waals surface area (Å²) in [7, 11) is 0. The fourth-order valence-corrected chi connectivity index (χ4v) is 2.51. The minimum atomic E-state index is 1.01.